The lowest BCUT2D eigenvalue weighted by Gasteiger charge is -2.36. The first kappa shape index (κ1) is 14.2. The average Bonchev–Trinajstić information content (AvgIpc) is 2.96. The van der Waals surface area contributed by atoms with Gasteiger partial charge in [-0.15, -0.1) is 0 Å². The van der Waals surface area contributed by atoms with Crippen LogP contribution in [0.5, 0.6) is 0 Å². The molecule has 2 saturated heterocycles. The van der Waals surface area contributed by atoms with E-state index in [4.69, 9.17) is 4.74 Å². The normalized spacial score (nSPS) is 24.6. The SMILES string of the molecule is Cc1cccc(N2CC3CC2CN3C(=O)OC(C)(C)C)c1. The van der Waals surface area contributed by atoms with Crippen molar-refractivity contribution < 1.29 is 9.53 Å². The van der Waals surface area contributed by atoms with Gasteiger partial charge in [-0.3, -0.25) is 0 Å². The number of hydrogen-bond acceptors (Lipinski definition) is 3. The van der Waals surface area contributed by atoms with Crippen LogP contribution < -0.4 is 4.90 Å². The maximum atomic E-state index is 12.2. The molecule has 2 aliphatic rings. The highest BCUT2D eigenvalue weighted by molar-refractivity contribution is 5.70. The highest BCUT2D eigenvalue weighted by atomic mass is 16.6. The second kappa shape index (κ2) is 4.93. The lowest BCUT2D eigenvalue weighted by atomic mass is 10.2. The van der Waals surface area contributed by atoms with Crippen LogP contribution in [0, 0.1) is 6.92 Å². The Bertz CT molecular complexity index is 550. The number of amides is 1. The fourth-order valence-corrected chi connectivity index (χ4v) is 3.33. The van der Waals surface area contributed by atoms with Crippen LogP contribution >= 0.6 is 0 Å². The second-order valence-corrected chi connectivity index (χ2v) is 7.17. The van der Waals surface area contributed by atoms with Gasteiger partial charge in [-0.25, -0.2) is 4.79 Å². The predicted molar refractivity (Wildman–Crippen MR) is 83.7 cm³/mol. The van der Waals surface area contributed by atoms with Crippen LogP contribution in [0.15, 0.2) is 24.3 Å². The van der Waals surface area contributed by atoms with Gasteiger partial charge in [0.15, 0.2) is 0 Å². The topological polar surface area (TPSA) is 32.8 Å². The predicted octanol–water partition coefficient (Wildman–Crippen LogP) is 3.19. The number of carbonyl (C=O) groups excluding carboxylic acids is 1. The van der Waals surface area contributed by atoms with Crippen molar-refractivity contribution in [3.63, 3.8) is 0 Å². The minimum absolute atomic E-state index is 0.168. The van der Waals surface area contributed by atoms with Gasteiger partial charge in [0.2, 0.25) is 0 Å². The minimum Gasteiger partial charge on any atom is -0.444 e. The molecule has 1 aromatic rings. The van der Waals surface area contributed by atoms with Crippen molar-refractivity contribution in [2.75, 3.05) is 18.0 Å². The maximum Gasteiger partial charge on any atom is 0.410 e. The van der Waals surface area contributed by atoms with E-state index in [1.807, 2.05) is 25.7 Å². The van der Waals surface area contributed by atoms with Gasteiger partial charge in [-0.1, -0.05) is 12.1 Å². The molecule has 2 atom stereocenters. The number of hydrogen-bond donors (Lipinski definition) is 0. The van der Waals surface area contributed by atoms with Crippen molar-refractivity contribution in [1.29, 1.82) is 0 Å². The standard InChI is InChI=1S/C17H24N2O2/c1-12-6-5-7-13(8-12)18-10-15-9-14(18)11-19(15)16(20)21-17(2,3)4/h5-8,14-15H,9-11H2,1-4H3. The number of fused-ring (bicyclic) bond motifs is 2. The Labute approximate surface area is 126 Å². The van der Waals surface area contributed by atoms with E-state index in [0.717, 1.165) is 19.5 Å². The van der Waals surface area contributed by atoms with E-state index in [9.17, 15) is 4.79 Å². The zero-order chi connectivity index (χ0) is 15.2. The summed E-state index contributed by atoms with van der Waals surface area (Å²) in [6.07, 6.45) is 0.881. The first-order valence-corrected chi connectivity index (χ1v) is 7.66. The quantitative estimate of drug-likeness (QED) is 0.795. The number of nitrogens with zero attached hydrogens (tertiary/aromatic N) is 2. The number of anilines is 1. The highest BCUT2D eigenvalue weighted by Crippen LogP contribution is 2.35. The van der Waals surface area contributed by atoms with Crippen LogP contribution in [0.4, 0.5) is 10.5 Å². The number of aryl methyl sites for hydroxylation is 1. The minimum atomic E-state index is -0.421. The summed E-state index contributed by atoms with van der Waals surface area (Å²) in [4.78, 5) is 16.6. The summed E-state index contributed by atoms with van der Waals surface area (Å²) < 4.78 is 5.50. The third-order valence-corrected chi connectivity index (χ3v) is 4.20. The smallest absolute Gasteiger partial charge is 0.410 e. The Morgan fingerprint density at radius 2 is 2.00 bits per heavy atom. The summed E-state index contributed by atoms with van der Waals surface area (Å²) in [7, 11) is 0. The Kier molecular flexibility index (Phi) is 3.34. The molecule has 1 aromatic carbocycles. The molecular weight excluding hydrogens is 264 g/mol. The van der Waals surface area contributed by atoms with E-state index >= 15 is 0 Å². The molecule has 2 heterocycles. The average molecular weight is 288 g/mol. The van der Waals surface area contributed by atoms with Gasteiger partial charge in [-0.2, -0.15) is 0 Å². The van der Waals surface area contributed by atoms with Crippen LogP contribution in [0.1, 0.15) is 32.8 Å². The maximum absolute atomic E-state index is 12.2. The summed E-state index contributed by atoms with van der Waals surface area (Å²) in [6.45, 7) is 9.54. The molecule has 114 valence electrons. The van der Waals surface area contributed by atoms with Crippen molar-refractivity contribution in [1.82, 2.24) is 4.90 Å². The van der Waals surface area contributed by atoms with Crippen molar-refractivity contribution in [2.24, 2.45) is 0 Å². The van der Waals surface area contributed by atoms with Gasteiger partial charge in [0.05, 0.1) is 6.04 Å². The van der Waals surface area contributed by atoms with E-state index in [0.29, 0.717) is 6.04 Å². The van der Waals surface area contributed by atoms with Crippen LogP contribution in [0.2, 0.25) is 0 Å². The van der Waals surface area contributed by atoms with Crippen LogP contribution in [0.25, 0.3) is 0 Å². The summed E-state index contributed by atoms with van der Waals surface area (Å²) in [5.41, 5.74) is 2.13. The van der Waals surface area contributed by atoms with Gasteiger partial charge < -0.3 is 14.5 Å². The van der Waals surface area contributed by atoms with E-state index < -0.39 is 5.60 Å². The fourth-order valence-electron chi connectivity index (χ4n) is 3.33. The molecule has 4 heteroatoms. The number of rotatable bonds is 1. The van der Waals surface area contributed by atoms with E-state index in [-0.39, 0.29) is 12.1 Å². The number of benzene rings is 1. The fraction of sp³-hybridized carbons (Fsp3) is 0.588. The molecule has 21 heavy (non-hydrogen) atoms. The molecule has 4 nitrogen and oxygen atoms in total. The first-order chi connectivity index (χ1) is 9.83. The van der Waals surface area contributed by atoms with Gasteiger partial charge in [0.25, 0.3) is 0 Å². The van der Waals surface area contributed by atoms with E-state index in [1.165, 1.54) is 11.3 Å². The molecule has 2 unspecified atom stereocenters. The molecule has 0 aliphatic carbocycles. The monoisotopic (exact) mass is 288 g/mol. The second-order valence-electron chi connectivity index (χ2n) is 7.17. The molecule has 0 N–H and O–H groups in total. The zero-order valence-electron chi connectivity index (χ0n) is 13.3. The molecular formula is C17H24N2O2. The summed E-state index contributed by atoms with van der Waals surface area (Å²) >= 11 is 0. The van der Waals surface area contributed by atoms with Crippen molar-refractivity contribution in [3.8, 4) is 0 Å². The summed E-state index contributed by atoms with van der Waals surface area (Å²) in [5.74, 6) is 0. The molecule has 2 fully saturated rings. The Balaban J connectivity index is 1.68. The van der Waals surface area contributed by atoms with E-state index in [2.05, 4.69) is 36.1 Å². The zero-order valence-corrected chi connectivity index (χ0v) is 13.3. The molecule has 0 saturated carbocycles. The molecule has 0 aromatic heterocycles. The molecule has 0 radical (unpaired) electrons. The van der Waals surface area contributed by atoms with Crippen molar-refractivity contribution in [2.45, 2.75) is 51.8 Å². The van der Waals surface area contributed by atoms with Gasteiger partial charge in [-0.05, 0) is 51.8 Å². The molecule has 2 aliphatic heterocycles. The van der Waals surface area contributed by atoms with Gasteiger partial charge in [0, 0.05) is 24.8 Å². The molecule has 2 bridgehead atoms. The third-order valence-electron chi connectivity index (χ3n) is 4.20. The van der Waals surface area contributed by atoms with Crippen LogP contribution in [-0.2, 0) is 4.74 Å². The highest BCUT2D eigenvalue weighted by Gasteiger charge is 2.46. The number of likely N-dealkylation sites (tertiary alicyclic amines) is 1. The van der Waals surface area contributed by atoms with Crippen LogP contribution in [-0.4, -0.2) is 41.8 Å². The van der Waals surface area contributed by atoms with Crippen molar-refractivity contribution in [3.05, 3.63) is 29.8 Å². The Morgan fingerprint density at radius 3 is 2.57 bits per heavy atom. The molecule has 1 amide bonds. The first-order valence-electron chi connectivity index (χ1n) is 7.66. The summed E-state index contributed by atoms with van der Waals surface area (Å²) in [6, 6.07) is 9.30. The Hall–Kier alpha value is -1.71. The molecule has 3 rings (SSSR count). The number of piperazine rings is 1. The van der Waals surface area contributed by atoms with Crippen molar-refractivity contribution >= 4 is 11.8 Å². The largest absolute Gasteiger partial charge is 0.444 e. The lowest BCUT2D eigenvalue weighted by molar-refractivity contribution is 0.0215. The lowest BCUT2D eigenvalue weighted by Crippen LogP contribution is -2.50. The van der Waals surface area contributed by atoms with Crippen LogP contribution in [0.3, 0.4) is 0 Å². The van der Waals surface area contributed by atoms with Gasteiger partial charge in [0.1, 0.15) is 5.60 Å². The Morgan fingerprint density at radius 1 is 1.24 bits per heavy atom. The molecule has 0 spiro atoms. The summed E-state index contributed by atoms with van der Waals surface area (Å²) in [5, 5.41) is 0. The van der Waals surface area contributed by atoms with E-state index in [1.54, 1.807) is 0 Å². The third kappa shape index (κ3) is 2.85. The number of carbonyl (C=O) groups is 1. The van der Waals surface area contributed by atoms with Gasteiger partial charge >= 0.3 is 6.09 Å². The number of ether oxygens (including phenoxy) is 1.